The molecule has 7 heteroatoms. The second-order valence-electron chi connectivity index (χ2n) is 4.76. The van der Waals surface area contributed by atoms with Gasteiger partial charge in [-0.2, -0.15) is 13.2 Å². The molecule has 0 saturated heterocycles. The summed E-state index contributed by atoms with van der Waals surface area (Å²) in [6.45, 7) is 0.994. The van der Waals surface area contributed by atoms with Gasteiger partial charge in [-0.05, 0) is 26.1 Å². The molecule has 0 bridgehead atoms. The van der Waals surface area contributed by atoms with E-state index in [0.29, 0.717) is 0 Å². The van der Waals surface area contributed by atoms with Gasteiger partial charge in [0.1, 0.15) is 0 Å². The Balaban J connectivity index is 2.72. The van der Waals surface area contributed by atoms with Crippen LogP contribution in [0.25, 0.3) is 0 Å². The Labute approximate surface area is 120 Å². The molecule has 0 fully saturated rings. The van der Waals surface area contributed by atoms with Crippen LogP contribution in [0.1, 0.15) is 24.9 Å². The Hall–Kier alpha value is -1.21. The first-order valence-electron chi connectivity index (χ1n) is 6.68. The molecule has 0 radical (unpaired) electrons. The first kappa shape index (κ1) is 17.8. The topological polar surface area (TPSA) is 15.3 Å². The van der Waals surface area contributed by atoms with E-state index >= 15 is 0 Å². The molecule has 0 spiro atoms. The maximum atomic E-state index is 13.7. The minimum Gasteiger partial charge on any atom is -0.313 e. The lowest BCUT2D eigenvalue weighted by atomic mass is 10.0. The molecule has 120 valence electrons. The maximum Gasteiger partial charge on any atom is 0.401 e. The maximum absolute atomic E-state index is 13.7. The summed E-state index contributed by atoms with van der Waals surface area (Å²) < 4.78 is 64.0. The molecule has 0 aliphatic heterocycles. The summed E-state index contributed by atoms with van der Waals surface area (Å²) in [5.41, 5.74) is 0.126. The lowest BCUT2D eigenvalue weighted by molar-refractivity contribution is -0.145. The predicted octanol–water partition coefficient (Wildman–Crippen LogP) is 3.50. The molecule has 1 aromatic carbocycles. The number of alkyl halides is 3. The first-order valence-corrected chi connectivity index (χ1v) is 6.68. The molecule has 1 aromatic rings. The fraction of sp³-hybridized carbons (Fsp3) is 0.571. The van der Waals surface area contributed by atoms with Crippen LogP contribution in [0.4, 0.5) is 22.0 Å². The highest BCUT2D eigenvalue weighted by Crippen LogP contribution is 2.23. The second-order valence-corrected chi connectivity index (χ2v) is 4.76. The van der Waals surface area contributed by atoms with Gasteiger partial charge in [0.05, 0.1) is 6.54 Å². The van der Waals surface area contributed by atoms with Crippen molar-refractivity contribution >= 4 is 0 Å². The largest absolute Gasteiger partial charge is 0.401 e. The highest BCUT2D eigenvalue weighted by Gasteiger charge is 2.30. The Morgan fingerprint density at radius 3 is 2.43 bits per heavy atom. The van der Waals surface area contributed by atoms with Gasteiger partial charge in [0.15, 0.2) is 11.6 Å². The summed E-state index contributed by atoms with van der Waals surface area (Å²) >= 11 is 0. The van der Waals surface area contributed by atoms with E-state index in [1.54, 1.807) is 14.0 Å². The van der Waals surface area contributed by atoms with Gasteiger partial charge in [-0.1, -0.05) is 19.1 Å². The van der Waals surface area contributed by atoms with Gasteiger partial charge >= 0.3 is 6.18 Å². The summed E-state index contributed by atoms with van der Waals surface area (Å²) in [7, 11) is 1.56. The quantitative estimate of drug-likeness (QED) is 0.776. The highest BCUT2D eigenvalue weighted by atomic mass is 19.4. The van der Waals surface area contributed by atoms with E-state index in [-0.39, 0.29) is 25.1 Å². The van der Waals surface area contributed by atoms with Crippen molar-refractivity contribution in [1.29, 1.82) is 0 Å². The number of hydrogen-bond acceptors (Lipinski definition) is 2. The fourth-order valence-electron chi connectivity index (χ4n) is 2.16. The van der Waals surface area contributed by atoms with E-state index < -0.39 is 30.4 Å². The normalized spacial score (nSPS) is 13.7. The zero-order valence-electron chi connectivity index (χ0n) is 12.0. The van der Waals surface area contributed by atoms with Crippen LogP contribution < -0.4 is 5.32 Å². The molecular formula is C14H19F5N2. The van der Waals surface area contributed by atoms with E-state index in [4.69, 9.17) is 0 Å². The van der Waals surface area contributed by atoms with E-state index in [1.807, 2.05) is 0 Å². The number of hydrogen-bond donors (Lipinski definition) is 1. The summed E-state index contributed by atoms with van der Waals surface area (Å²) in [5, 5.41) is 2.81. The molecule has 1 N–H and O–H groups in total. The number of benzene rings is 1. The molecule has 1 unspecified atom stereocenters. The van der Waals surface area contributed by atoms with Gasteiger partial charge in [-0.3, -0.25) is 4.90 Å². The Morgan fingerprint density at radius 2 is 1.90 bits per heavy atom. The van der Waals surface area contributed by atoms with E-state index in [9.17, 15) is 22.0 Å². The number of rotatable bonds is 7. The van der Waals surface area contributed by atoms with Crippen molar-refractivity contribution in [3.05, 3.63) is 35.4 Å². The summed E-state index contributed by atoms with van der Waals surface area (Å²) in [5.74, 6) is -1.92. The molecule has 0 aliphatic carbocycles. The predicted molar refractivity (Wildman–Crippen MR) is 70.9 cm³/mol. The molecule has 0 aliphatic rings. The van der Waals surface area contributed by atoms with Gasteiger partial charge < -0.3 is 5.32 Å². The third kappa shape index (κ3) is 5.59. The van der Waals surface area contributed by atoms with Crippen molar-refractivity contribution in [2.24, 2.45) is 0 Å². The Bertz CT molecular complexity index is 447. The molecule has 1 rings (SSSR count). The Morgan fingerprint density at radius 1 is 1.24 bits per heavy atom. The molecule has 0 amide bonds. The zero-order chi connectivity index (χ0) is 16.0. The van der Waals surface area contributed by atoms with E-state index in [0.717, 1.165) is 6.07 Å². The zero-order valence-corrected chi connectivity index (χ0v) is 12.0. The van der Waals surface area contributed by atoms with Crippen LogP contribution in [0.15, 0.2) is 18.2 Å². The van der Waals surface area contributed by atoms with Crippen LogP contribution in [-0.4, -0.2) is 37.8 Å². The molecular weight excluding hydrogens is 291 g/mol. The minimum absolute atomic E-state index is 0.126. The SMILES string of the molecule is CCN(CCC(NC)c1cccc(F)c1F)CC(F)(F)F. The fourth-order valence-corrected chi connectivity index (χ4v) is 2.16. The highest BCUT2D eigenvalue weighted by molar-refractivity contribution is 5.22. The van der Waals surface area contributed by atoms with Crippen molar-refractivity contribution in [2.45, 2.75) is 25.6 Å². The van der Waals surface area contributed by atoms with Gasteiger partial charge in [-0.25, -0.2) is 8.78 Å². The van der Waals surface area contributed by atoms with Crippen molar-refractivity contribution in [1.82, 2.24) is 10.2 Å². The van der Waals surface area contributed by atoms with Crippen LogP contribution in [-0.2, 0) is 0 Å². The number of nitrogens with one attached hydrogen (secondary N) is 1. The summed E-state index contributed by atoms with van der Waals surface area (Å²) in [6, 6.07) is 3.28. The summed E-state index contributed by atoms with van der Waals surface area (Å²) in [6.07, 6.45) is -4.02. The first-order chi connectivity index (χ1) is 9.78. The number of nitrogens with zero attached hydrogens (tertiary/aromatic N) is 1. The Kier molecular flexibility index (Phi) is 6.54. The lowest BCUT2D eigenvalue weighted by Gasteiger charge is -2.25. The van der Waals surface area contributed by atoms with E-state index in [1.165, 1.54) is 17.0 Å². The van der Waals surface area contributed by atoms with Crippen molar-refractivity contribution in [2.75, 3.05) is 26.7 Å². The van der Waals surface area contributed by atoms with Crippen LogP contribution >= 0.6 is 0 Å². The van der Waals surface area contributed by atoms with Gasteiger partial charge in [0.25, 0.3) is 0 Å². The molecule has 0 saturated carbocycles. The van der Waals surface area contributed by atoms with E-state index in [2.05, 4.69) is 5.32 Å². The molecule has 21 heavy (non-hydrogen) atoms. The number of halogens is 5. The van der Waals surface area contributed by atoms with Crippen molar-refractivity contribution < 1.29 is 22.0 Å². The van der Waals surface area contributed by atoms with Crippen LogP contribution in [0.5, 0.6) is 0 Å². The average Bonchev–Trinajstić information content (AvgIpc) is 2.41. The molecule has 0 heterocycles. The van der Waals surface area contributed by atoms with Crippen LogP contribution in [0, 0.1) is 11.6 Å². The van der Waals surface area contributed by atoms with Gasteiger partial charge in [0, 0.05) is 18.2 Å². The van der Waals surface area contributed by atoms with Gasteiger partial charge in [-0.15, -0.1) is 0 Å². The third-order valence-electron chi connectivity index (χ3n) is 3.29. The molecule has 0 aromatic heterocycles. The van der Waals surface area contributed by atoms with Crippen molar-refractivity contribution in [3.8, 4) is 0 Å². The third-order valence-corrected chi connectivity index (χ3v) is 3.29. The van der Waals surface area contributed by atoms with Crippen LogP contribution in [0.3, 0.4) is 0 Å². The van der Waals surface area contributed by atoms with Gasteiger partial charge in [0.2, 0.25) is 0 Å². The monoisotopic (exact) mass is 310 g/mol. The standard InChI is InChI=1S/C14H19F5N2/c1-3-21(9-14(17,18)19)8-7-12(20-2)10-5-4-6-11(15)13(10)16/h4-6,12,20H,3,7-9H2,1-2H3. The lowest BCUT2D eigenvalue weighted by Crippen LogP contribution is -2.36. The van der Waals surface area contributed by atoms with Crippen LogP contribution in [0.2, 0.25) is 0 Å². The summed E-state index contributed by atoms with van der Waals surface area (Å²) in [4.78, 5) is 1.22. The average molecular weight is 310 g/mol. The second kappa shape index (κ2) is 7.70. The molecule has 1 atom stereocenters. The van der Waals surface area contributed by atoms with Crippen molar-refractivity contribution in [3.63, 3.8) is 0 Å². The smallest absolute Gasteiger partial charge is 0.313 e. The minimum atomic E-state index is -4.27. The molecule has 2 nitrogen and oxygen atoms in total.